The van der Waals surface area contributed by atoms with Crippen molar-refractivity contribution in [3.63, 3.8) is 0 Å². The number of anilines is 1. The average molecular weight is 556 g/mol. The van der Waals surface area contributed by atoms with Gasteiger partial charge in [-0.3, -0.25) is 4.79 Å². The molecule has 5 nitrogen and oxygen atoms in total. The number of carbonyl (C=O) groups excluding carboxylic acids is 1. The molecule has 32 heavy (non-hydrogen) atoms. The minimum atomic E-state index is -0.492. The van der Waals surface area contributed by atoms with Crippen LogP contribution in [0.5, 0.6) is 11.5 Å². The zero-order valence-electron chi connectivity index (χ0n) is 17.3. The fourth-order valence-electron chi connectivity index (χ4n) is 2.85. The summed E-state index contributed by atoms with van der Waals surface area (Å²) in [6.45, 7) is 2.70. The highest BCUT2D eigenvalue weighted by Gasteiger charge is 2.15. The van der Waals surface area contributed by atoms with Crippen LogP contribution in [-0.4, -0.2) is 12.5 Å². The van der Waals surface area contributed by atoms with Gasteiger partial charge in [-0.05, 0) is 76.5 Å². The number of nitrogens with one attached hydrogen (secondary N) is 1. The minimum Gasteiger partial charge on any atom is -0.490 e. The van der Waals surface area contributed by atoms with Crippen LogP contribution < -0.4 is 14.8 Å². The normalized spacial score (nSPS) is 10.9. The van der Waals surface area contributed by atoms with Gasteiger partial charge in [-0.25, -0.2) is 0 Å². The summed E-state index contributed by atoms with van der Waals surface area (Å²) in [5.41, 5.74) is 2.23. The van der Waals surface area contributed by atoms with Gasteiger partial charge in [-0.1, -0.05) is 46.3 Å². The molecular formula is C25H20Br2N2O3. The maximum Gasteiger partial charge on any atom is 0.266 e. The molecule has 0 aliphatic carbocycles. The zero-order chi connectivity index (χ0) is 22.9. The van der Waals surface area contributed by atoms with Crippen molar-refractivity contribution in [3.8, 4) is 17.6 Å². The van der Waals surface area contributed by atoms with Crippen LogP contribution >= 0.6 is 31.9 Å². The molecule has 3 aromatic rings. The van der Waals surface area contributed by atoms with Crippen molar-refractivity contribution >= 4 is 49.5 Å². The summed E-state index contributed by atoms with van der Waals surface area (Å²) < 4.78 is 13.3. The van der Waals surface area contributed by atoms with Crippen LogP contribution in [0.25, 0.3) is 6.08 Å². The molecule has 162 valence electrons. The number of carbonyl (C=O) groups is 1. The van der Waals surface area contributed by atoms with E-state index in [9.17, 15) is 10.1 Å². The first-order valence-electron chi connectivity index (χ1n) is 9.82. The largest absolute Gasteiger partial charge is 0.490 e. The number of nitrogens with zero attached hydrogens (tertiary/aromatic N) is 1. The van der Waals surface area contributed by atoms with E-state index in [4.69, 9.17) is 9.47 Å². The molecule has 0 atom stereocenters. The highest BCUT2D eigenvalue weighted by atomic mass is 79.9. The molecule has 1 N–H and O–H groups in total. The van der Waals surface area contributed by atoms with Gasteiger partial charge in [0.05, 0.1) is 11.1 Å². The number of ether oxygens (including phenoxy) is 2. The van der Waals surface area contributed by atoms with Crippen molar-refractivity contribution in [2.45, 2.75) is 13.5 Å². The van der Waals surface area contributed by atoms with E-state index in [1.54, 1.807) is 24.3 Å². The second-order valence-corrected chi connectivity index (χ2v) is 8.44. The fraction of sp³-hybridized carbons (Fsp3) is 0.120. The molecule has 0 aromatic heterocycles. The van der Waals surface area contributed by atoms with Crippen molar-refractivity contribution in [1.82, 2.24) is 0 Å². The van der Waals surface area contributed by atoms with Crippen LogP contribution in [0.15, 0.2) is 81.2 Å². The SMILES string of the molecule is CCOc1cc(/C=C(/C#N)C(=O)Nc2ccc(Br)cc2)cc(Br)c1OCc1ccccc1. The Labute approximate surface area is 203 Å². The molecule has 0 aliphatic heterocycles. The van der Waals surface area contributed by atoms with Crippen LogP contribution in [0.1, 0.15) is 18.1 Å². The Hall–Kier alpha value is -3.08. The molecule has 3 aromatic carbocycles. The Morgan fingerprint density at radius 2 is 1.78 bits per heavy atom. The molecule has 0 aliphatic rings. The van der Waals surface area contributed by atoms with Gasteiger partial charge in [0.2, 0.25) is 0 Å². The second-order valence-electron chi connectivity index (χ2n) is 6.67. The lowest BCUT2D eigenvalue weighted by molar-refractivity contribution is -0.112. The predicted molar refractivity (Wildman–Crippen MR) is 132 cm³/mol. The van der Waals surface area contributed by atoms with Crippen molar-refractivity contribution in [3.05, 3.63) is 92.4 Å². The van der Waals surface area contributed by atoms with E-state index in [0.717, 1.165) is 10.0 Å². The van der Waals surface area contributed by atoms with Gasteiger partial charge >= 0.3 is 0 Å². The molecule has 0 unspecified atom stereocenters. The number of halogens is 2. The Kier molecular flexibility index (Phi) is 8.48. The van der Waals surface area contributed by atoms with Crippen molar-refractivity contribution in [1.29, 1.82) is 5.26 Å². The summed E-state index contributed by atoms with van der Waals surface area (Å²) in [6.07, 6.45) is 1.52. The molecule has 1 amide bonds. The van der Waals surface area contributed by atoms with Gasteiger partial charge in [0.15, 0.2) is 11.5 Å². The lowest BCUT2D eigenvalue weighted by atomic mass is 10.1. The third-order valence-electron chi connectivity index (χ3n) is 4.34. The van der Waals surface area contributed by atoms with Crippen molar-refractivity contribution < 1.29 is 14.3 Å². The Bertz CT molecular complexity index is 1150. The van der Waals surface area contributed by atoms with Gasteiger partial charge < -0.3 is 14.8 Å². The first-order valence-corrected chi connectivity index (χ1v) is 11.4. The molecule has 0 heterocycles. The van der Waals surface area contributed by atoms with Crippen LogP contribution in [-0.2, 0) is 11.4 Å². The molecule has 0 fully saturated rings. The summed E-state index contributed by atoms with van der Waals surface area (Å²) in [6, 6.07) is 22.4. The van der Waals surface area contributed by atoms with E-state index in [1.807, 2.05) is 55.5 Å². The third kappa shape index (κ3) is 6.46. The summed E-state index contributed by atoms with van der Waals surface area (Å²) in [5.74, 6) is 0.591. The number of hydrogen-bond acceptors (Lipinski definition) is 4. The van der Waals surface area contributed by atoms with E-state index < -0.39 is 5.91 Å². The molecule has 0 spiro atoms. The summed E-state index contributed by atoms with van der Waals surface area (Å²) >= 11 is 6.88. The van der Waals surface area contributed by atoms with Crippen molar-refractivity contribution in [2.24, 2.45) is 0 Å². The van der Waals surface area contributed by atoms with Crippen LogP contribution in [0.4, 0.5) is 5.69 Å². The maximum atomic E-state index is 12.6. The van der Waals surface area contributed by atoms with Crippen molar-refractivity contribution in [2.75, 3.05) is 11.9 Å². The zero-order valence-corrected chi connectivity index (χ0v) is 20.4. The standard InChI is InChI=1S/C25H20Br2N2O3/c1-2-31-23-14-18(13-22(27)24(23)32-16-17-6-4-3-5-7-17)12-19(15-28)25(30)29-21-10-8-20(26)9-11-21/h3-14H,2,16H2,1H3,(H,29,30)/b19-12-. The topological polar surface area (TPSA) is 71.3 Å². The Morgan fingerprint density at radius 3 is 2.44 bits per heavy atom. The van der Waals surface area contributed by atoms with Gasteiger partial charge in [0, 0.05) is 10.2 Å². The molecule has 0 radical (unpaired) electrons. The van der Waals surface area contributed by atoms with Crippen LogP contribution in [0, 0.1) is 11.3 Å². The molecule has 3 rings (SSSR count). The smallest absolute Gasteiger partial charge is 0.266 e. The minimum absolute atomic E-state index is 0.0276. The second kappa shape index (κ2) is 11.5. The average Bonchev–Trinajstić information content (AvgIpc) is 2.79. The van der Waals surface area contributed by atoms with Crippen LogP contribution in [0.3, 0.4) is 0 Å². The molecular weight excluding hydrogens is 536 g/mol. The van der Waals surface area contributed by atoms with E-state index in [-0.39, 0.29) is 5.57 Å². The fourth-order valence-corrected chi connectivity index (χ4v) is 3.69. The predicted octanol–water partition coefficient (Wildman–Crippen LogP) is 6.73. The Balaban J connectivity index is 1.83. The number of nitriles is 1. The number of hydrogen-bond donors (Lipinski definition) is 1. The highest BCUT2D eigenvalue weighted by molar-refractivity contribution is 9.10. The van der Waals surface area contributed by atoms with E-state index in [2.05, 4.69) is 37.2 Å². The van der Waals surface area contributed by atoms with E-state index in [0.29, 0.717) is 40.4 Å². The monoisotopic (exact) mass is 554 g/mol. The highest BCUT2D eigenvalue weighted by Crippen LogP contribution is 2.38. The summed E-state index contributed by atoms with van der Waals surface area (Å²) in [4.78, 5) is 12.6. The quantitative estimate of drug-likeness (QED) is 0.247. The molecule has 0 saturated carbocycles. The number of rotatable bonds is 8. The number of benzene rings is 3. The molecule has 0 saturated heterocycles. The third-order valence-corrected chi connectivity index (χ3v) is 5.45. The van der Waals surface area contributed by atoms with Gasteiger partial charge in [0.1, 0.15) is 18.2 Å². The first-order chi connectivity index (χ1) is 15.5. The molecule has 7 heteroatoms. The summed E-state index contributed by atoms with van der Waals surface area (Å²) in [5, 5.41) is 12.3. The lowest BCUT2D eigenvalue weighted by Crippen LogP contribution is -2.13. The van der Waals surface area contributed by atoms with E-state index in [1.165, 1.54) is 6.08 Å². The molecule has 0 bridgehead atoms. The lowest BCUT2D eigenvalue weighted by Gasteiger charge is -2.15. The van der Waals surface area contributed by atoms with E-state index >= 15 is 0 Å². The van der Waals surface area contributed by atoms with Gasteiger partial charge in [-0.2, -0.15) is 5.26 Å². The maximum absolute atomic E-state index is 12.6. The van der Waals surface area contributed by atoms with Crippen LogP contribution in [0.2, 0.25) is 0 Å². The Morgan fingerprint density at radius 1 is 1.06 bits per heavy atom. The first kappa shape index (κ1) is 23.6. The van der Waals surface area contributed by atoms with Gasteiger partial charge in [0.25, 0.3) is 5.91 Å². The summed E-state index contributed by atoms with van der Waals surface area (Å²) in [7, 11) is 0. The number of amides is 1. The van der Waals surface area contributed by atoms with Gasteiger partial charge in [-0.15, -0.1) is 0 Å².